The molecule has 0 atom stereocenters. The van der Waals surface area contributed by atoms with Crippen LogP contribution >= 0.6 is 11.8 Å². The Bertz CT molecular complexity index is 1270. The van der Waals surface area contributed by atoms with Crippen LogP contribution in [0.5, 0.6) is 11.5 Å². The highest BCUT2D eigenvalue weighted by Gasteiger charge is 2.32. The average Bonchev–Trinajstić information content (AvgIpc) is 3.39. The number of amides is 2. The van der Waals surface area contributed by atoms with Crippen molar-refractivity contribution in [2.45, 2.75) is 0 Å². The molecule has 174 valence electrons. The molecular formula is C23H22N5O5S+. The van der Waals surface area contributed by atoms with Gasteiger partial charge in [0.1, 0.15) is 5.70 Å². The third-order valence-electron chi connectivity index (χ3n) is 4.74. The molecule has 1 aliphatic heterocycles. The summed E-state index contributed by atoms with van der Waals surface area (Å²) in [6.07, 6.45) is 3.18. The number of carbonyl (C=O) groups is 2. The van der Waals surface area contributed by atoms with Gasteiger partial charge in [0.2, 0.25) is 5.91 Å². The number of nitrogens with one attached hydrogen (secondary N) is 1. The predicted octanol–water partition coefficient (Wildman–Crippen LogP) is 2.63. The van der Waals surface area contributed by atoms with E-state index in [0.29, 0.717) is 27.9 Å². The number of hydrogen-bond acceptors (Lipinski definition) is 8. The van der Waals surface area contributed by atoms with Crippen molar-refractivity contribution in [2.75, 3.05) is 30.2 Å². The first kappa shape index (κ1) is 23.1. The second kappa shape index (κ2) is 10.2. The fraction of sp³-hybridized carbons (Fsp3) is 0.174. The lowest BCUT2D eigenvalue weighted by atomic mass is 10.1. The molecular weight excluding hydrogens is 458 g/mol. The van der Waals surface area contributed by atoms with E-state index in [1.165, 1.54) is 22.9 Å². The summed E-state index contributed by atoms with van der Waals surface area (Å²) in [5.74, 6) is 0.627. The van der Waals surface area contributed by atoms with Crippen LogP contribution in [0.25, 0.3) is 6.08 Å². The largest absolute Gasteiger partial charge is 0.493 e. The average molecular weight is 481 g/mol. The molecule has 0 saturated carbocycles. The third kappa shape index (κ3) is 4.94. The maximum Gasteiger partial charge on any atom is 0.302 e. The van der Waals surface area contributed by atoms with Gasteiger partial charge in [0.15, 0.2) is 29.0 Å². The lowest BCUT2D eigenvalue weighted by Crippen LogP contribution is -2.31. The minimum Gasteiger partial charge on any atom is -0.493 e. The van der Waals surface area contributed by atoms with Gasteiger partial charge in [0.05, 0.1) is 25.7 Å². The highest BCUT2D eigenvalue weighted by molar-refractivity contribution is 8.14. The number of carbonyl (C=O) groups excluding carboxylic acids is 2. The Labute approximate surface area is 199 Å². The molecule has 4 rings (SSSR count). The minimum absolute atomic E-state index is 0.00955. The number of anilines is 2. The minimum atomic E-state index is -0.322. The first-order valence-electron chi connectivity index (χ1n) is 10.2. The van der Waals surface area contributed by atoms with Gasteiger partial charge in [-0.05, 0) is 24.3 Å². The number of methoxy groups -OCH3 is 2. The van der Waals surface area contributed by atoms with Crippen molar-refractivity contribution in [2.24, 2.45) is 12.0 Å². The first-order valence-corrected chi connectivity index (χ1v) is 11.1. The summed E-state index contributed by atoms with van der Waals surface area (Å²) in [5.41, 5.74) is 1.49. The molecule has 0 aliphatic carbocycles. The summed E-state index contributed by atoms with van der Waals surface area (Å²) < 4.78 is 17.2. The zero-order valence-electron chi connectivity index (χ0n) is 18.7. The monoisotopic (exact) mass is 480 g/mol. The molecule has 0 radical (unpaired) electrons. The van der Waals surface area contributed by atoms with Gasteiger partial charge in [-0.3, -0.25) is 24.3 Å². The van der Waals surface area contributed by atoms with Crippen LogP contribution < -0.4 is 24.4 Å². The number of ether oxygens (including phenoxy) is 2. The van der Waals surface area contributed by atoms with E-state index in [0.717, 1.165) is 11.8 Å². The zero-order chi connectivity index (χ0) is 24.1. The molecule has 1 aliphatic rings. The first-order chi connectivity index (χ1) is 16.5. The molecule has 0 fully saturated rings. The Morgan fingerprint density at radius 2 is 1.97 bits per heavy atom. The Kier molecular flexibility index (Phi) is 6.93. The van der Waals surface area contributed by atoms with Crippen LogP contribution in [0.1, 0.15) is 5.56 Å². The Morgan fingerprint density at radius 1 is 1.18 bits per heavy atom. The quantitative estimate of drug-likeness (QED) is 0.409. The van der Waals surface area contributed by atoms with Crippen LogP contribution in [0.2, 0.25) is 0 Å². The maximum absolute atomic E-state index is 13.3. The molecule has 2 aromatic carbocycles. The van der Waals surface area contributed by atoms with E-state index >= 15 is 0 Å². The molecule has 1 aromatic heterocycles. The fourth-order valence-electron chi connectivity index (χ4n) is 3.25. The summed E-state index contributed by atoms with van der Waals surface area (Å²) in [7, 11) is 4.75. The summed E-state index contributed by atoms with van der Waals surface area (Å²) in [5, 5.41) is 6.66. The van der Waals surface area contributed by atoms with Gasteiger partial charge in [-0.2, -0.15) is 0 Å². The third-order valence-corrected chi connectivity index (χ3v) is 5.68. The van der Waals surface area contributed by atoms with Gasteiger partial charge < -0.3 is 9.47 Å². The molecule has 10 nitrogen and oxygen atoms in total. The standard InChI is InChI=1S/C23H21N5O5S/c1-27-13-20(33-26-27)25-19(29)14-34-23-24-17(22(30)28(23)16-9-5-4-6-10-16)12-15-8-7-11-18(31-2)21(15)32-3/h4-13H,14H2,1-3H3/p+1/b17-12+. The van der Waals surface area contributed by atoms with Crippen LogP contribution in [0.15, 0.2) is 69.9 Å². The Hall–Kier alpha value is -4.12. The van der Waals surface area contributed by atoms with Gasteiger partial charge in [-0.15, -0.1) is 0 Å². The van der Waals surface area contributed by atoms with Crippen molar-refractivity contribution in [3.8, 4) is 11.5 Å². The lowest BCUT2D eigenvalue weighted by Gasteiger charge is -2.17. The second-order valence-electron chi connectivity index (χ2n) is 7.06. The number of rotatable bonds is 7. The fourth-order valence-corrected chi connectivity index (χ4v) is 4.07. The van der Waals surface area contributed by atoms with Crippen LogP contribution in [0, 0.1) is 0 Å². The number of para-hydroxylation sites is 2. The van der Waals surface area contributed by atoms with E-state index in [2.05, 4.69) is 15.6 Å². The van der Waals surface area contributed by atoms with Crippen LogP contribution in [-0.2, 0) is 16.6 Å². The summed E-state index contributed by atoms with van der Waals surface area (Å²) >= 11 is 1.13. The van der Waals surface area contributed by atoms with Gasteiger partial charge in [0, 0.05) is 5.56 Å². The lowest BCUT2D eigenvalue weighted by molar-refractivity contribution is -0.739. The van der Waals surface area contributed by atoms with E-state index in [-0.39, 0.29) is 29.1 Å². The molecule has 3 aromatic rings. The van der Waals surface area contributed by atoms with Gasteiger partial charge in [-0.25, -0.2) is 4.99 Å². The zero-order valence-corrected chi connectivity index (χ0v) is 19.5. The Balaban J connectivity index is 1.62. The van der Waals surface area contributed by atoms with Crippen molar-refractivity contribution in [3.05, 3.63) is 66.0 Å². The van der Waals surface area contributed by atoms with Crippen molar-refractivity contribution in [1.29, 1.82) is 0 Å². The van der Waals surface area contributed by atoms with Gasteiger partial charge >= 0.3 is 5.88 Å². The molecule has 2 amide bonds. The summed E-state index contributed by atoms with van der Waals surface area (Å²) in [4.78, 5) is 31.8. The van der Waals surface area contributed by atoms with Gasteiger partial charge in [-0.1, -0.05) is 46.8 Å². The Morgan fingerprint density at radius 3 is 2.65 bits per heavy atom. The van der Waals surface area contributed by atoms with E-state index in [1.54, 1.807) is 50.6 Å². The SMILES string of the molecule is COc1cccc(/C=C2/N=C(SCC(=O)Nc3c[n+](C)no3)N(c3ccccc3)C2=O)c1OC. The highest BCUT2D eigenvalue weighted by atomic mass is 32.2. The summed E-state index contributed by atoms with van der Waals surface area (Å²) in [6, 6.07) is 14.5. The van der Waals surface area contributed by atoms with Crippen LogP contribution in [0.3, 0.4) is 0 Å². The second-order valence-corrected chi connectivity index (χ2v) is 8.00. The van der Waals surface area contributed by atoms with E-state index in [9.17, 15) is 9.59 Å². The smallest absolute Gasteiger partial charge is 0.302 e. The number of thioether (sulfide) groups is 1. The molecule has 11 heteroatoms. The van der Waals surface area contributed by atoms with E-state index < -0.39 is 0 Å². The number of nitrogens with zero attached hydrogens (tertiary/aromatic N) is 4. The topological polar surface area (TPSA) is 110 Å². The molecule has 34 heavy (non-hydrogen) atoms. The molecule has 0 unspecified atom stereocenters. The van der Waals surface area contributed by atoms with Crippen LogP contribution in [0.4, 0.5) is 11.6 Å². The molecule has 2 heterocycles. The number of benzene rings is 2. The van der Waals surface area contributed by atoms with E-state index in [1.807, 2.05) is 18.2 Å². The highest BCUT2D eigenvalue weighted by Crippen LogP contribution is 2.34. The number of aromatic nitrogens is 2. The number of amidine groups is 1. The predicted molar refractivity (Wildman–Crippen MR) is 128 cm³/mol. The van der Waals surface area contributed by atoms with Crippen molar-refractivity contribution < 1.29 is 28.3 Å². The maximum atomic E-state index is 13.3. The number of hydrogen-bond donors (Lipinski definition) is 1. The van der Waals surface area contributed by atoms with Crippen molar-refractivity contribution in [1.82, 2.24) is 5.27 Å². The number of aliphatic imine (C=N–C) groups is 1. The normalized spacial score (nSPS) is 14.3. The van der Waals surface area contributed by atoms with Crippen molar-refractivity contribution in [3.63, 3.8) is 0 Å². The number of aryl methyl sites for hydroxylation is 1. The molecule has 1 N–H and O–H groups in total. The van der Waals surface area contributed by atoms with Gasteiger partial charge in [0.25, 0.3) is 12.1 Å². The summed E-state index contributed by atoms with van der Waals surface area (Å²) in [6.45, 7) is 0. The van der Waals surface area contributed by atoms with Crippen molar-refractivity contribution >= 4 is 46.4 Å². The van der Waals surface area contributed by atoms with Crippen LogP contribution in [-0.4, -0.2) is 42.2 Å². The molecule has 0 saturated heterocycles. The van der Waals surface area contributed by atoms with E-state index in [4.69, 9.17) is 14.0 Å². The molecule has 0 bridgehead atoms. The molecule has 0 spiro atoms.